The Hall–Kier alpha value is -2.60. The molecule has 0 atom stereocenters. The van der Waals surface area contributed by atoms with Gasteiger partial charge in [0.05, 0.1) is 0 Å². The molecule has 0 aliphatic heterocycles. The van der Waals surface area contributed by atoms with Crippen molar-refractivity contribution in [2.75, 3.05) is 19.0 Å². The summed E-state index contributed by atoms with van der Waals surface area (Å²) in [6.45, 7) is 6.68. The molecular formula is C30H33ClNP. The fraction of sp³-hybridized carbons (Fsp3) is 0.200. The maximum absolute atomic E-state index is 8.34. The molecule has 0 amide bonds. The molecule has 0 spiro atoms. The van der Waals surface area contributed by atoms with Crippen LogP contribution in [0.4, 0.5) is 5.69 Å². The molecule has 0 N–H and O–H groups in total. The molecule has 4 aromatic carbocycles. The van der Waals surface area contributed by atoms with Gasteiger partial charge < -0.3 is 0 Å². The topological polar surface area (TPSA) is 3.24 Å². The fourth-order valence-corrected chi connectivity index (χ4v) is 11.7. The van der Waals surface area contributed by atoms with Crippen molar-refractivity contribution < 1.29 is 0 Å². The number of hydrogen-bond donors (Lipinski definition) is 0. The summed E-state index contributed by atoms with van der Waals surface area (Å²) < 4.78 is 0. The van der Waals surface area contributed by atoms with Crippen LogP contribution >= 0.6 is 17.2 Å². The molecule has 0 aromatic heterocycles. The molecule has 0 bridgehead atoms. The van der Waals surface area contributed by atoms with E-state index in [4.69, 9.17) is 11.2 Å². The molecule has 0 radical (unpaired) electrons. The molecule has 0 fully saturated rings. The molecule has 4 aromatic rings. The molecule has 0 saturated carbocycles. The SMILES string of the molecule is Cc1cc(C)c(N(C)C)c(C)c1CP(Cl)(c1ccccc1)(c1ccccc1)c1ccccc1. The van der Waals surface area contributed by atoms with E-state index in [2.05, 4.69) is 137 Å². The van der Waals surface area contributed by atoms with Gasteiger partial charge in [0.15, 0.2) is 0 Å². The Labute approximate surface area is 203 Å². The molecule has 3 heteroatoms. The van der Waals surface area contributed by atoms with Crippen LogP contribution in [0.1, 0.15) is 22.3 Å². The number of rotatable bonds is 6. The Bertz CT molecular complexity index is 1150. The number of hydrogen-bond acceptors (Lipinski definition) is 1. The summed E-state index contributed by atoms with van der Waals surface area (Å²) in [7, 11) is 4.25. The normalized spacial score (nSPS) is 12.7. The van der Waals surface area contributed by atoms with Crippen molar-refractivity contribution in [3.8, 4) is 0 Å². The first-order chi connectivity index (χ1) is 15.8. The molecule has 33 heavy (non-hydrogen) atoms. The number of nitrogens with zero attached hydrogens (tertiary/aromatic N) is 1. The third kappa shape index (κ3) is 3.88. The van der Waals surface area contributed by atoms with Gasteiger partial charge in [-0.2, -0.15) is 0 Å². The molecule has 0 aliphatic carbocycles. The summed E-state index contributed by atoms with van der Waals surface area (Å²) in [5.41, 5.74) is 6.54. The van der Waals surface area contributed by atoms with Crippen molar-refractivity contribution >= 4 is 38.8 Å². The van der Waals surface area contributed by atoms with E-state index in [0.29, 0.717) is 0 Å². The first-order valence-corrected chi connectivity index (χ1v) is 14.8. The summed E-state index contributed by atoms with van der Waals surface area (Å²) in [5, 5.41) is 3.61. The van der Waals surface area contributed by atoms with Gasteiger partial charge in [-0.05, 0) is 0 Å². The molecule has 4 rings (SSSR count). The second kappa shape index (κ2) is 8.98. The number of benzene rings is 4. The molecule has 0 aliphatic rings. The first kappa shape index (κ1) is 23.6. The zero-order valence-electron chi connectivity index (χ0n) is 20.2. The van der Waals surface area contributed by atoms with Crippen LogP contribution in [0.25, 0.3) is 0 Å². The molecule has 1 nitrogen and oxygen atoms in total. The van der Waals surface area contributed by atoms with E-state index in [1.807, 2.05) is 0 Å². The maximum atomic E-state index is 8.34. The molecule has 0 heterocycles. The Morgan fingerprint density at radius 3 is 1.39 bits per heavy atom. The van der Waals surface area contributed by atoms with E-state index >= 15 is 0 Å². The third-order valence-corrected chi connectivity index (χ3v) is 14.0. The van der Waals surface area contributed by atoms with Gasteiger partial charge in [-0.3, -0.25) is 0 Å². The predicted octanol–water partition coefficient (Wildman–Crippen LogP) is 6.86. The van der Waals surface area contributed by atoms with Crippen molar-refractivity contribution in [1.82, 2.24) is 0 Å². The minimum atomic E-state index is -3.37. The Kier molecular flexibility index (Phi) is 6.41. The summed E-state index contributed by atoms with van der Waals surface area (Å²) in [6.07, 6.45) is 0.768. The predicted molar refractivity (Wildman–Crippen MR) is 150 cm³/mol. The average Bonchev–Trinajstić information content (AvgIpc) is 2.83. The second-order valence-electron chi connectivity index (χ2n) is 9.20. The Balaban J connectivity index is 2.13. The van der Waals surface area contributed by atoms with Crippen LogP contribution in [-0.2, 0) is 6.16 Å². The van der Waals surface area contributed by atoms with Gasteiger partial charge in [-0.15, -0.1) is 0 Å². The van der Waals surface area contributed by atoms with Gasteiger partial charge in [0.25, 0.3) is 0 Å². The minimum absolute atomic E-state index is 0.768. The molecule has 0 unspecified atom stereocenters. The third-order valence-electron chi connectivity index (χ3n) is 6.88. The van der Waals surface area contributed by atoms with Crippen molar-refractivity contribution in [2.45, 2.75) is 26.9 Å². The van der Waals surface area contributed by atoms with Crippen LogP contribution in [0.3, 0.4) is 0 Å². The number of halogens is 1. The fourth-order valence-electron chi connectivity index (χ4n) is 5.38. The van der Waals surface area contributed by atoms with Crippen LogP contribution in [0.5, 0.6) is 0 Å². The van der Waals surface area contributed by atoms with Gasteiger partial charge in [0, 0.05) is 0 Å². The Morgan fingerprint density at radius 1 is 0.636 bits per heavy atom. The summed E-state index contributed by atoms with van der Waals surface area (Å²) in [6, 6.07) is 34.5. The van der Waals surface area contributed by atoms with E-state index in [-0.39, 0.29) is 0 Å². The van der Waals surface area contributed by atoms with Crippen molar-refractivity contribution in [3.63, 3.8) is 0 Å². The van der Waals surface area contributed by atoms with E-state index in [0.717, 1.165) is 6.16 Å². The molecule has 170 valence electrons. The van der Waals surface area contributed by atoms with E-state index in [9.17, 15) is 0 Å². The van der Waals surface area contributed by atoms with Crippen LogP contribution in [-0.4, -0.2) is 14.1 Å². The monoisotopic (exact) mass is 473 g/mol. The summed E-state index contributed by atoms with van der Waals surface area (Å²) >= 11 is 8.34. The van der Waals surface area contributed by atoms with Crippen LogP contribution in [0.15, 0.2) is 97.1 Å². The van der Waals surface area contributed by atoms with Crippen molar-refractivity contribution in [2.24, 2.45) is 0 Å². The first-order valence-electron chi connectivity index (χ1n) is 11.4. The van der Waals surface area contributed by atoms with Gasteiger partial charge >= 0.3 is 204 Å². The quantitative estimate of drug-likeness (QED) is 0.276. The standard InChI is InChI=1S/C30H33ClNP/c1-23-21-24(2)30(32(4)5)25(3)29(23)22-33(31,26-15-9-6-10-16-26,27-17-11-7-12-18-27)28-19-13-8-14-20-28/h6-21H,22H2,1-5H3. The molecular weight excluding hydrogens is 441 g/mol. The molecule has 0 saturated heterocycles. The number of anilines is 1. The number of aryl methyl sites for hydroxylation is 2. The van der Waals surface area contributed by atoms with E-state index in [1.54, 1.807) is 0 Å². The summed E-state index contributed by atoms with van der Waals surface area (Å²) in [5.74, 6) is -3.37. The zero-order chi connectivity index (χ0) is 23.7. The van der Waals surface area contributed by atoms with Gasteiger partial charge in [-0.1, -0.05) is 0 Å². The van der Waals surface area contributed by atoms with Crippen molar-refractivity contribution in [3.05, 3.63) is 119 Å². The van der Waals surface area contributed by atoms with Gasteiger partial charge in [0.1, 0.15) is 0 Å². The summed E-state index contributed by atoms with van der Waals surface area (Å²) in [4.78, 5) is 2.23. The van der Waals surface area contributed by atoms with Crippen molar-refractivity contribution in [1.29, 1.82) is 0 Å². The van der Waals surface area contributed by atoms with E-state index in [1.165, 1.54) is 43.9 Å². The van der Waals surface area contributed by atoms with Gasteiger partial charge in [0.2, 0.25) is 0 Å². The second-order valence-corrected chi connectivity index (χ2v) is 15.7. The van der Waals surface area contributed by atoms with Crippen LogP contribution < -0.4 is 20.8 Å². The van der Waals surface area contributed by atoms with Gasteiger partial charge in [-0.25, -0.2) is 0 Å². The van der Waals surface area contributed by atoms with Crippen LogP contribution in [0.2, 0.25) is 0 Å². The average molecular weight is 474 g/mol. The van der Waals surface area contributed by atoms with E-state index < -0.39 is 5.96 Å². The Morgan fingerprint density at radius 2 is 1.03 bits per heavy atom. The van der Waals surface area contributed by atoms with Crippen LogP contribution in [0, 0.1) is 20.8 Å². The zero-order valence-corrected chi connectivity index (χ0v) is 21.9.